The summed E-state index contributed by atoms with van der Waals surface area (Å²) in [4.78, 5) is 25.7. The molecule has 0 N–H and O–H groups in total. The predicted octanol–water partition coefficient (Wildman–Crippen LogP) is 4.75. The van der Waals surface area contributed by atoms with Gasteiger partial charge in [-0.2, -0.15) is 0 Å². The van der Waals surface area contributed by atoms with Crippen molar-refractivity contribution in [2.75, 3.05) is 0 Å². The van der Waals surface area contributed by atoms with Crippen LogP contribution in [0.15, 0.2) is 60.7 Å². The summed E-state index contributed by atoms with van der Waals surface area (Å²) < 4.78 is 5.59. The molecule has 2 rings (SSSR count). The summed E-state index contributed by atoms with van der Waals surface area (Å²) in [6.45, 7) is 5.89. The van der Waals surface area contributed by atoms with Gasteiger partial charge < -0.3 is 9.53 Å². The van der Waals surface area contributed by atoms with E-state index in [4.69, 9.17) is 4.74 Å². The highest BCUT2D eigenvalue weighted by atomic mass is 16.6. The maximum atomic E-state index is 12.8. The zero-order valence-electron chi connectivity index (χ0n) is 15.0. The molecule has 0 bridgehead atoms. The van der Waals surface area contributed by atoms with Crippen LogP contribution in [-0.2, 0) is 16.1 Å². The van der Waals surface area contributed by atoms with Crippen molar-refractivity contribution >= 4 is 12.4 Å². The largest absolute Gasteiger partial charge is 0.444 e. The Morgan fingerprint density at radius 1 is 1.04 bits per heavy atom. The van der Waals surface area contributed by atoms with Crippen LogP contribution in [0, 0.1) is 0 Å². The topological polar surface area (TPSA) is 46.6 Å². The van der Waals surface area contributed by atoms with Crippen LogP contribution in [0.25, 0.3) is 0 Å². The van der Waals surface area contributed by atoms with Gasteiger partial charge in [0.1, 0.15) is 11.9 Å². The number of amides is 1. The van der Waals surface area contributed by atoms with E-state index in [1.54, 1.807) is 4.90 Å². The molecule has 0 saturated carbocycles. The van der Waals surface area contributed by atoms with Crippen LogP contribution >= 0.6 is 0 Å². The van der Waals surface area contributed by atoms with Crippen molar-refractivity contribution in [2.45, 2.75) is 45.4 Å². The summed E-state index contributed by atoms with van der Waals surface area (Å²) in [5, 5.41) is 0. The zero-order chi connectivity index (χ0) is 18.3. The molecule has 2 aromatic carbocycles. The minimum atomic E-state index is -0.603. The van der Waals surface area contributed by atoms with Gasteiger partial charge in [0.2, 0.25) is 0 Å². The van der Waals surface area contributed by atoms with Gasteiger partial charge in [0.15, 0.2) is 0 Å². The molecule has 4 heteroatoms. The van der Waals surface area contributed by atoms with Crippen LogP contribution in [0.1, 0.15) is 44.4 Å². The number of hydrogen-bond acceptors (Lipinski definition) is 3. The molecule has 4 nitrogen and oxygen atoms in total. The van der Waals surface area contributed by atoms with Crippen LogP contribution in [0.5, 0.6) is 0 Å². The third-order valence-corrected chi connectivity index (χ3v) is 3.70. The number of ether oxygens (including phenoxy) is 1. The molecule has 1 atom stereocenters. The Bertz CT molecular complexity index is 677. The number of nitrogens with zero attached hydrogens (tertiary/aromatic N) is 1. The van der Waals surface area contributed by atoms with E-state index in [1.807, 2.05) is 81.4 Å². The Hall–Kier alpha value is -2.62. The second-order valence-corrected chi connectivity index (χ2v) is 6.92. The maximum absolute atomic E-state index is 12.8. The predicted molar refractivity (Wildman–Crippen MR) is 98.1 cm³/mol. The van der Waals surface area contributed by atoms with E-state index >= 15 is 0 Å². The lowest BCUT2D eigenvalue weighted by Gasteiger charge is -2.33. The van der Waals surface area contributed by atoms with E-state index in [1.165, 1.54) is 0 Å². The van der Waals surface area contributed by atoms with Crippen LogP contribution in [0.4, 0.5) is 4.79 Å². The zero-order valence-corrected chi connectivity index (χ0v) is 15.0. The Balaban J connectivity index is 2.36. The summed E-state index contributed by atoms with van der Waals surface area (Å²) in [7, 11) is 0. The van der Waals surface area contributed by atoms with Crippen molar-refractivity contribution in [2.24, 2.45) is 0 Å². The minimum absolute atomic E-state index is 0.218. The van der Waals surface area contributed by atoms with Gasteiger partial charge in [0, 0.05) is 13.0 Å². The molecule has 0 aliphatic carbocycles. The van der Waals surface area contributed by atoms with Gasteiger partial charge in [0.25, 0.3) is 0 Å². The number of carbonyl (C=O) groups excluding carboxylic acids is 2. The van der Waals surface area contributed by atoms with E-state index in [9.17, 15) is 9.59 Å². The molecule has 2 aromatic rings. The number of carbonyl (C=O) groups is 2. The quantitative estimate of drug-likeness (QED) is 0.713. The summed E-state index contributed by atoms with van der Waals surface area (Å²) in [5.41, 5.74) is 1.30. The molecular formula is C21H25NO3. The third-order valence-electron chi connectivity index (χ3n) is 3.70. The molecule has 0 spiro atoms. The average molecular weight is 339 g/mol. The first kappa shape index (κ1) is 18.7. The van der Waals surface area contributed by atoms with Crippen molar-refractivity contribution in [3.63, 3.8) is 0 Å². The van der Waals surface area contributed by atoms with Gasteiger partial charge in [-0.25, -0.2) is 4.79 Å². The Kier molecular flexibility index (Phi) is 6.34. The second kappa shape index (κ2) is 8.47. The lowest BCUT2D eigenvalue weighted by molar-refractivity contribution is -0.109. The number of benzene rings is 2. The van der Waals surface area contributed by atoms with Crippen molar-refractivity contribution < 1.29 is 14.3 Å². The monoisotopic (exact) mass is 339 g/mol. The standard InChI is InChI=1S/C21H25NO3/c1-21(2,3)25-20(24)22(16-17-10-6-4-7-11-17)19(14-15-23)18-12-8-5-9-13-18/h4-13,15,19H,14,16H2,1-3H3. The summed E-state index contributed by atoms with van der Waals surface area (Å²) in [5.74, 6) is 0. The van der Waals surface area contributed by atoms with Gasteiger partial charge in [-0.15, -0.1) is 0 Å². The third kappa shape index (κ3) is 5.75. The second-order valence-electron chi connectivity index (χ2n) is 6.92. The van der Waals surface area contributed by atoms with Gasteiger partial charge in [-0.1, -0.05) is 60.7 Å². The van der Waals surface area contributed by atoms with E-state index in [0.717, 1.165) is 17.4 Å². The van der Waals surface area contributed by atoms with E-state index in [0.29, 0.717) is 6.54 Å². The molecule has 0 aliphatic heterocycles. The van der Waals surface area contributed by atoms with E-state index in [-0.39, 0.29) is 12.5 Å². The summed E-state index contributed by atoms with van der Waals surface area (Å²) in [6, 6.07) is 18.9. The summed E-state index contributed by atoms with van der Waals surface area (Å²) >= 11 is 0. The maximum Gasteiger partial charge on any atom is 0.411 e. The lowest BCUT2D eigenvalue weighted by atomic mass is 10.0. The minimum Gasteiger partial charge on any atom is -0.444 e. The molecule has 0 heterocycles. The summed E-state index contributed by atoms with van der Waals surface area (Å²) in [6.07, 6.45) is 0.642. The molecule has 0 saturated heterocycles. The fourth-order valence-corrected chi connectivity index (χ4v) is 2.61. The van der Waals surface area contributed by atoms with Gasteiger partial charge >= 0.3 is 6.09 Å². The average Bonchev–Trinajstić information content (AvgIpc) is 2.58. The lowest BCUT2D eigenvalue weighted by Crippen LogP contribution is -2.39. The van der Waals surface area contributed by atoms with Crippen LogP contribution < -0.4 is 0 Å². The Morgan fingerprint density at radius 2 is 1.60 bits per heavy atom. The highest BCUT2D eigenvalue weighted by Gasteiger charge is 2.29. The number of aldehydes is 1. The SMILES string of the molecule is CC(C)(C)OC(=O)N(Cc1ccccc1)C(CC=O)c1ccccc1. The first-order valence-electron chi connectivity index (χ1n) is 8.43. The fraction of sp³-hybridized carbons (Fsp3) is 0.333. The van der Waals surface area contributed by atoms with Gasteiger partial charge in [-0.05, 0) is 31.9 Å². The fourth-order valence-electron chi connectivity index (χ4n) is 2.61. The molecule has 0 aliphatic rings. The first-order chi connectivity index (χ1) is 11.9. The highest BCUT2D eigenvalue weighted by molar-refractivity contribution is 5.70. The smallest absolute Gasteiger partial charge is 0.411 e. The van der Waals surface area contributed by atoms with E-state index in [2.05, 4.69) is 0 Å². The normalized spacial score (nSPS) is 12.3. The molecule has 0 fully saturated rings. The number of hydrogen-bond donors (Lipinski definition) is 0. The van der Waals surface area contributed by atoms with Gasteiger partial charge in [-0.3, -0.25) is 4.90 Å². The molecule has 0 aromatic heterocycles. The molecule has 132 valence electrons. The van der Waals surface area contributed by atoms with Crippen LogP contribution in [-0.4, -0.2) is 22.9 Å². The van der Waals surface area contributed by atoms with Gasteiger partial charge in [0.05, 0.1) is 6.04 Å². The Morgan fingerprint density at radius 3 is 2.12 bits per heavy atom. The molecule has 1 unspecified atom stereocenters. The Labute approximate surface area is 149 Å². The number of rotatable bonds is 6. The molecular weight excluding hydrogens is 314 g/mol. The highest BCUT2D eigenvalue weighted by Crippen LogP contribution is 2.27. The molecule has 1 amide bonds. The van der Waals surface area contributed by atoms with Crippen molar-refractivity contribution in [3.8, 4) is 0 Å². The van der Waals surface area contributed by atoms with Crippen molar-refractivity contribution in [1.82, 2.24) is 4.90 Å². The first-order valence-corrected chi connectivity index (χ1v) is 8.43. The van der Waals surface area contributed by atoms with Crippen molar-refractivity contribution in [1.29, 1.82) is 0 Å². The van der Waals surface area contributed by atoms with Crippen molar-refractivity contribution in [3.05, 3.63) is 71.8 Å². The van der Waals surface area contributed by atoms with Crippen LogP contribution in [0.3, 0.4) is 0 Å². The molecule has 0 radical (unpaired) electrons. The molecule has 25 heavy (non-hydrogen) atoms. The van der Waals surface area contributed by atoms with Crippen LogP contribution in [0.2, 0.25) is 0 Å². The van der Waals surface area contributed by atoms with E-state index < -0.39 is 11.7 Å².